The molecule has 0 aliphatic rings. The maximum atomic E-state index is 12.5. The fraction of sp³-hybridized carbons (Fsp3) is 0.0500. The molecule has 0 fully saturated rings. The maximum Gasteiger partial charge on any atom is 0.228 e. The molecule has 1 N–H and O–H groups in total. The van der Waals surface area contributed by atoms with Crippen LogP contribution in [0.1, 0.15) is 5.56 Å². The molecule has 26 heavy (non-hydrogen) atoms. The van der Waals surface area contributed by atoms with Crippen LogP contribution in [0.15, 0.2) is 72.9 Å². The monoisotopic (exact) mass is 362 g/mol. The number of carbonyl (C=O) groups is 1. The Morgan fingerprint density at radius 3 is 2.50 bits per heavy atom. The third kappa shape index (κ3) is 3.30. The van der Waals surface area contributed by atoms with E-state index in [1.807, 2.05) is 65.4 Å². The molecule has 0 unspecified atom stereocenters. The fourth-order valence-corrected chi connectivity index (χ4v) is 3.02. The van der Waals surface area contributed by atoms with Gasteiger partial charge < -0.3 is 5.32 Å². The van der Waals surface area contributed by atoms with Crippen molar-refractivity contribution in [3.05, 3.63) is 83.6 Å². The molecule has 5 nitrogen and oxygen atoms in total. The van der Waals surface area contributed by atoms with Crippen LogP contribution >= 0.6 is 11.6 Å². The van der Waals surface area contributed by atoms with E-state index in [2.05, 4.69) is 15.5 Å². The Morgan fingerprint density at radius 2 is 1.73 bits per heavy atom. The Morgan fingerprint density at radius 1 is 0.962 bits per heavy atom. The first-order chi connectivity index (χ1) is 12.7. The number of nitrogens with zero attached hydrogens (tertiary/aromatic N) is 3. The van der Waals surface area contributed by atoms with Crippen molar-refractivity contribution in [3.63, 3.8) is 0 Å². The number of rotatable bonds is 4. The van der Waals surface area contributed by atoms with Crippen LogP contribution in [0.3, 0.4) is 0 Å². The van der Waals surface area contributed by atoms with Gasteiger partial charge in [-0.05, 0) is 35.9 Å². The second-order valence-electron chi connectivity index (χ2n) is 5.85. The van der Waals surface area contributed by atoms with Gasteiger partial charge in [-0.25, -0.2) is 0 Å². The zero-order valence-corrected chi connectivity index (χ0v) is 14.5. The third-order valence-electron chi connectivity index (χ3n) is 4.07. The van der Waals surface area contributed by atoms with Gasteiger partial charge in [0.15, 0.2) is 11.0 Å². The molecule has 128 valence electrons. The molecule has 4 aromatic rings. The van der Waals surface area contributed by atoms with E-state index in [0.29, 0.717) is 11.0 Å². The zero-order valence-electron chi connectivity index (χ0n) is 13.8. The highest BCUT2D eigenvalue weighted by molar-refractivity contribution is 6.29. The Balaban J connectivity index is 1.67. The number of hydrogen-bond donors (Lipinski definition) is 1. The van der Waals surface area contributed by atoms with E-state index in [1.165, 1.54) is 0 Å². The summed E-state index contributed by atoms with van der Waals surface area (Å²) in [5, 5.41) is 12.3. The molecule has 0 saturated carbocycles. The van der Waals surface area contributed by atoms with Gasteiger partial charge in [0.25, 0.3) is 0 Å². The molecular weight excluding hydrogens is 348 g/mol. The van der Waals surface area contributed by atoms with Crippen LogP contribution in [0.5, 0.6) is 0 Å². The second kappa shape index (κ2) is 6.98. The van der Waals surface area contributed by atoms with Gasteiger partial charge >= 0.3 is 0 Å². The highest BCUT2D eigenvalue weighted by Crippen LogP contribution is 2.25. The summed E-state index contributed by atoms with van der Waals surface area (Å²) in [6.07, 6.45) is 2.19. The molecule has 0 saturated heterocycles. The summed E-state index contributed by atoms with van der Waals surface area (Å²) >= 11 is 5.83. The standard InChI is InChI=1S/C20H15ClN4O/c21-18-10-11-19(24-23-18)25-13-14(16-8-4-5-9-17(16)25)12-20(26)22-15-6-2-1-3-7-15/h1-11,13H,12H2,(H,22,26). The van der Waals surface area contributed by atoms with Crippen molar-refractivity contribution in [2.75, 3.05) is 5.32 Å². The van der Waals surface area contributed by atoms with Gasteiger partial charge in [0.05, 0.1) is 11.9 Å². The van der Waals surface area contributed by atoms with Gasteiger partial charge in [-0.1, -0.05) is 48.0 Å². The number of carbonyl (C=O) groups excluding carboxylic acids is 1. The Kier molecular flexibility index (Phi) is 4.37. The van der Waals surface area contributed by atoms with Crippen molar-refractivity contribution in [2.24, 2.45) is 0 Å². The van der Waals surface area contributed by atoms with Gasteiger partial charge in [0, 0.05) is 17.3 Å². The van der Waals surface area contributed by atoms with E-state index < -0.39 is 0 Å². The first-order valence-electron chi connectivity index (χ1n) is 8.14. The molecule has 4 rings (SSSR count). The predicted octanol–water partition coefficient (Wildman–Crippen LogP) is 4.26. The Labute approximate surface area is 155 Å². The minimum absolute atomic E-state index is 0.0682. The topological polar surface area (TPSA) is 59.8 Å². The minimum atomic E-state index is -0.0682. The second-order valence-corrected chi connectivity index (χ2v) is 6.23. The van der Waals surface area contributed by atoms with Crippen molar-refractivity contribution in [3.8, 4) is 5.82 Å². The number of aromatic nitrogens is 3. The summed E-state index contributed by atoms with van der Waals surface area (Å²) in [7, 11) is 0. The van der Waals surface area contributed by atoms with Crippen LogP contribution in [0, 0.1) is 0 Å². The maximum absolute atomic E-state index is 12.5. The highest BCUT2D eigenvalue weighted by atomic mass is 35.5. The van der Waals surface area contributed by atoms with Gasteiger partial charge in [0.2, 0.25) is 5.91 Å². The molecule has 0 aliphatic heterocycles. The van der Waals surface area contributed by atoms with Crippen molar-refractivity contribution < 1.29 is 4.79 Å². The van der Waals surface area contributed by atoms with E-state index in [4.69, 9.17) is 11.6 Å². The molecule has 2 aromatic carbocycles. The van der Waals surface area contributed by atoms with E-state index in [-0.39, 0.29) is 12.3 Å². The first-order valence-corrected chi connectivity index (χ1v) is 8.52. The fourth-order valence-electron chi connectivity index (χ4n) is 2.92. The smallest absolute Gasteiger partial charge is 0.228 e. The van der Waals surface area contributed by atoms with Crippen LogP contribution in [0.4, 0.5) is 5.69 Å². The van der Waals surface area contributed by atoms with Crippen molar-refractivity contribution in [1.29, 1.82) is 0 Å². The number of amides is 1. The quantitative estimate of drug-likeness (QED) is 0.590. The summed E-state index contributed by atoms with van der Waals surface area (Å²) < 4.78 is 1.92. The molecule has 0 radical (unpaired) electrons. The molecule has 0 atom stereocenters. The lowest BCUT2D eigenvalue weighted by molar-refractivity contribution is -0.115. The molecule has 2 heterocycles. The summed E-state index contributed by atoms with van der Waals surface area (Å²) in [4.78, 5) is 12.5. The number of halogens is 1. The SMILES string of the molecule is O=C(Cc1cn(-c2ccc(Cl)nn2)c2ccccc12)Nc1ccccc1. The molecule has 0 spiro atoms. The van der Waals surface area contributed by atoms with Gasteiger partial charge in [-0.15, -0.1) is 10.2 Å². The number of anilines is 1. The average molecular weight is 363 g/mol. The van der Waals surface area contributed by atoms with Crippen molar-refractivity contribution >= 4 is 34.1 Å². The van der Waals surface area contributed by atoms with Gasteiger partial charge in [-0.2, -0.15) is 0 Å². The normalized spacial score (nSPS) is 10.8. The summed E-state index contributed by atoms with van der Waals surface area (Å²) in [6, 6.07) is 20.8. The number of benzene rings is 2. The zero-order chi connectivity index (χ0) is 17.9. The number of para-hydroxylation sites is 2. The van der Waals surface area contributed by atoms with Gasteiger partial charge in [0.1, 0.15) is 0 Å². The summed E-state index contributed by atoms with van der Waals surface area (Å²) in [5.41, 5.74) is 2.67. The molecule has 2 aromatic heterocycles. The van der Waals surface area contributed by atoms with Crippen LogP contribution in [0.25, 0.3) is 16.7 Å². The van der Waals surface area contributed by atoms with Gasteiger partial charge in [-0.3, -0.25) is 9.36 Å². The van der Waals surface area contributed by atoms with E-state index in [0.717, 1.165) is 22.2 Å². The largest absolute Gasteiger partial charge is 0.326 e. The molecule has 6 heteroatoms. The van der Waals surface area contributed by atoms with E-state index in [9.17, 15) is 4.79 Å². The number of nitrogens with one attached hydrogen (secondary N) is 1. The van der Waals surface area contributed by atoms with Crippen LogP contribution in [0.2, 0.25) is 5.15 Å². The summed E-state index contributed by atoms with van der Waals surface area (Å²) in [5.74, 6) is 0.585. The van der Waals surface area contributed by atoms with Crippen molar-refractivity contribution in [2.45, 2.75) is 6.42 Å². The lowest BCUT2D eigenvalue weighted by atomic mass is 10.1. The Hall–Kier alpha value is -3.18. The van der Waals surface area contributed by atoms with E-state index in [1.54, 1.807) is 12.1 Å². The number of fused-ring (bicyclic) bond motifs is 1. The Bertz CT molecular complexity index is 1060. The lowest BCUT2D eigenvalue weighted by Crippen LogP contribution is -2.14. The van der Waals surface area contributed by atoms with Crippen LogP contribution in [-0.2, 0) is 11.2 Å². The number of hydrogen-bond acceptors (Lipinski definition) is 3. The van der Waals surface area contributed by atoms with Crippen LogP contribution < -0.4 is 5.32 Å². The average Bonchev–Trinajstić information content (AvgIpc) is 3.02. The molecular formula is C20H15ClN4O. The molecule has 0 bridgehead atoms. The minimum Gasteiger partial charge on any atom is -0.326 e. The van der Waals surface area contributed by atoms with E-state index >= 15 is 0 Å². The molecule has 0 aliphatic carbocycles. The molecule has 1 amide bonds. The lowest BCUT2D eigenvalue weighted by Gasteiger charge is -2.04. The summed E-state index contributed by atoms with van der Waals surface area (Å²) in [6.45, 7) is 0. The van der Waals surface area contributed by atoms with Crippen LogP contribution in [-0.4, -0.2) is 20.7 Å². The first kappa shape index (κ1) is 16.3. The third-order valence-corrected chi connectivity index (χ3v) is 4.27. The van der Waals surface area contributed by atoms with Crippen molar-refractivity contribution in [1.82, 2.24) is 14.8 Å². The predicted molar refractivity (Wildman–Crippen MR) is 103 cm³/mol. The highest BCUT2D eigenvalue weighted by Gasteiger charge is 2.13.